The van der Waals surface area contributed by atoms with Crippen LogP contribution in [-0.4, -0.2) is 21.8 Å². The molecule has 0 saturated carbocycles. The highest BCUT2D eigenvalue weighted by Gasteiger charge is 2.10. The van der Waals surface area contributed by atoms with Gasteiger partial charge in [-0.2, -0.15) is 5.10 Å². The van der Waals surface area contributed by atoms with E-state index in [1.54, 1.807) is 6.20 Å². The van der Waals surface area contributed by atoms with E-state index in [2.05, 4.69) is 15.0 Å². The molecule has 0 saturated heterocycles. The summed E-state index contributed by atoms with van der Waals surface area (Å²) in [6, 6.07) is 14.0. The van der Waals surface area contributed by atoms with Gasteiger partial charge in [-0.1, -0.05) is 29.8 Å². The Morgan fingerprint density at radius 1 is 1.14 bits per heavy atom. The first-order valence-corrected chi connectivity index (χ1v) is 7.45. The van der Waals surface area contributed by atoms with E-state index < -0.39 is 0 Å². The SMILES string of the molecule is Cc1nccc(N(C)Cc2ccn(-c3ccccc3)n2)c1Cl. The van der Waals surface area contributed by atoms with Gasteiger partial charge < -0.3 is 4.90 Å². The number of hydrogen-bond donors (Lipinski definition) is 0. The van der Waals surface area contributed by atoms with Gasteiger partial charge >= 0.3 is 0 Å². The number of hydrogen-bond acceptors (Lipinski definition) is 3. The van der Waals surface area contributed by atoms with Crippen LogP contribution in [0.25, 0.3) is 5.69 Å². The van der Waals surface area contributed by atoms with E-state index >= 15 is 0 Å². The number of para-hydroxylation sites is 1. The predicted molar refractivity (Wildman–Crippen MR) is 89.7 cm³/mol. The molecule has 0 aliphatic heterocycles. The molecule has 0 atom stereocenters. The van der Waals surface area contributed by atoms with Gasteiger partial charge in [-0.3, -0.25) is 4.98 Å². The molecule has 0 N–H and O–H groups in total. The minimum Gasteiger partial charge on any atom is -0.367 e. The van der Waals surface area contributed by atoms with Crippen molar-refractivity contribution in [3.05, 3.63) is 71.3 Å². The number of rotatable bonds is 4. The van der Waals surface area contributed by atoms with E-state index in [1.165, 1.54) is 0 Å². The van der Waals surface area contributed by atoms with Gasteiger partial charge in [-0.25, -0.2) is 4.68 Å². The zero-order valence-electron chi connectivity index (χ0n) is 12.6. The molecule has 1 aromatic carbocycles. The average molecular weight is 313 g/mol. The van der Waals surface area contributed by atoms with Crippen molar-refractivity contribution in [3.63, 3.8) is 0 Å². The van der Waals surface area contributed by atoms with E-state index in [0.29, 0.717) is 11.6 Å². The average Bonchev–Trinajstić information content (AvgIpc) is 2.99. The second-order valence-electron chi connectivity index (χ2n) is 5.17. The number of pyridine rings is 1. The van der Waals surface area contributed by atoms with Crippen molar-refractivity contribution in [2.24, 2.45) is 0 Å². The van der Waals surface area contributed by atoms with Gasteiger partial charge in [0, 0.05) is 19.4 Å². The maximum Gasteiger partial charge on any atom is 0.0851 e. The van der Waals surface area contributed by atoms with Crippen LogP contribution in [0.1, 0.15) is 11.4 Å². The zero-order chi connectivity index (χ0) is 15.5. The number of benzene rings is 1. The van der Waals surface area contributed by atoms with Crippen LogP contribution in [0.4, 0.5) is 5.69 Å². The molecular formula is C17H17ClN4. The molecule has 0 bridgehead atoms. The summed E-state index contributed by atoms with van der Waals surface area (Å²) in [4.78, 5) is 6.27. The lowest BCUT2D eigenvalue weighted by atomic mass is 10.3. The summed E-state index contributed by atoms with van der Waals surface area (Å²) in [5.41, 5.74) is 3.83. The van der Waals surface area contributed by atoms with E-state index in [1.807, 2.05) is 67.3 Å². The second-order valence-corrected chi connectivity index (χ2v) is 5.55. The lowest BCUT2D eigenvalue weighted by Gasteiger charge is -2.19. The molecule has 0 fully saturated rings. The molecule has 0 aliphatic carbocycles. The lowest BCUT2D eigenvalue weighted by molar-refractivity contribution is 0.808. The minimum atomic E-state index is 0.684. The van der Waals surface area contributed by atoms with Gasteiger partial charge in [0.25, 0.3) is 0 Å². The first-order valence-electron chi connectivity index (χ1n) is 7.07. The molecule has 0 amide bonds. The fraction of sp³-hybridized carbons (Fsp3) is 0.176. The van der Waals surface area contributed by atoms with Crippen molar-refractivity contribution in [1.29, 1.82) is 0 Å². The summed E-state index contributed by atoms with van der Waals surface area (Å²) in [5, 5.41) is 5.30. The van der Waals surface area contributed by atoms with Crippen LogP contribution in [0.3, 0.4) is 0 Å². The van der Waals surface area contributed by atoms with Crippen LogP contribution < -0.4 is 4.90 Å². The Balaban J connectivity index is 1.79. The van der Waals surface area contributed by atoms with Crippen LogP contribution in [-0.2, 0) is 6.54 Å². The Kier molecular flexibility index (Phi) is 4.11. The molecular weight excluding hydrogens is 296 g/mol. The second kappa shape index (κ2) is 6.20. The summed E-state index contributed by atoms with van der Waals surface area (Å²) in [6.07, 6.45) is 3.74. The first kappa shape index (κ1) is 14.6. The monoisotopic (exact) mass is 312 g/mol. The number of nitrogens with zero attached hydrogens (tertiary/aromatic N) is 4. The number of anilines is 1. The van der Waals surface area contributed by atoms with E-state index in [-0.39, 0.29) is 0 Å². The molecule has 0 radical (unpaired) electrons. The topological polar surface area (TPSA) is 34.0 Å². The van der Waals surface area contributed by atoms with Crippen LogP contribution in [0, 0.1) is 6.92 Å². The molecule has 0 aliphatic rings. The van der Waals surface area contributed by atoms with Gasteiger partial charge in [-0.05, 0) is 31.2 Å². The summed E-state index contributed by atoms with van der Waals surface area (Å²) in [6.45, 7) is 2.59. The fourth-order valence-electron chi connectivity index (χ4n) is 2.33. The van der Waals surface area contributed by atoms with Crippen molar-refractivity contribution in [1.82, 2.24) is 14.8 Å². The maximum atomic E-state index is 6.33. The van der Waals surface area contributed by atoms with Crippen LogP contribution in [0.2, 0.25) is 5.02 Å². The van der Waals surface area contributed by atoms with Gasteiger partial charge in [0.2, 0.25) is 0 Å². The molecule has 22 heavy (non-hydrogen) atoms. The largest absolute Gasteiger partial charge is 0.367 e. The Bertz CT molecular complexity index is 767. The molecule has 3 aromatic rings. The molecule has 5 heteroatoms. The van der Waals surface area contributed by atoms with Crippen LogP contribution in [0.15, 0.2) is 54.9 Å². The van der Waals surface area contributed by atoms with Crippen molar-refractivity contribution in [2.45, 2.75) is 13.5 Å². The molecule has 112 valence electrons. The van der Waals surface area contributed by atoms with Gasteiger partial charge in [0.05, 0.1) is 34.3 Å². The highest BCUT2D eigenvalue weighted by atomic mass is 35.5. The zero-order valence-corrected chi connectivity index (χ0v) is 13.3. The highest BCUT2D eigenvalue weighted by molar-refractivity contribution is 6.33. The summed E-state index contributed by atoms with van der Waals surface area (Å²) in [5.74, 6) is 0. The highest BCUT2D eigenvalue weighted by Crippen LogP contribution is 2.27. The molecule has 4 nitrogen and oxygen atoms in total. The molecule has 2 heterocycles. The van der Waals surface area contributed by atoms with E-state index in [4.69, 9.17) is 11.6 Å². The summed E-state index contributed by atoms with van der Waals surface area (Å²) >= 11 is 6.33. The Hall–Kier alpha value is -2.33. The Morgan fingerprint density at radius 3 is 2.68 bits per heavy atom. The molecule has 0 spiro atoms. The third-order valence-electron chi connectivity index (χ3n) is 3.52. The molecule has 0 unspecified atom stereocenters. The van der Waals surface area contributed by atoms with Crippen LogP contribution in [0.5, 0.6) is 0 Å². The minimum absolute atomic E-state index is 0.684. The summed E-state index contributed by atoms with van der Waals surface area (Å²) < 4.78 is 1.88. The number of aryl methyl sites for hydroxylation is 1. The fourth-order valence-corrected chi connectivity index (χ4v) is 2.58. The van der Waals surface area contributed by atoms with Gasteiger partial charge in [-0.15, -0.1) is 0 Å². The Morgan fingerprint density at radius 2 is 1.91 bits per heavy atom. The smallest absolute Gasteiger partial charge is 0.0851 e. The van der Waals surface area contributed by atoms with Gasteiger partial charge in [0.1, 0.15) is 0 Å². The van der Waals surface area contributed by atoms with Crippen molar-refractivity contribution in [2.75, 3.05) is 11.9 Å². The number of halogens is 1. The first-order chi connectivity index (χ1) is 10.6. The van der Waals surface area contributed by atoms with Crippen LogP contribution >= 0.6 is 11.6 Å². The standard InChI is InChI=1S/C17H17ClN4/c1-13-17(18)16(8-10-19-13)21(2)12-14-9-11-22(20-14)15-6-4-3-5-7-15/h3-11H,12H2,1-2H3. The third kappa shape index (κ3) is 2.97. The predicted octanol–water partition coefficient (Wildman–Crippen LogP) is 3.87. The quantitative estimate of drug-likeness (QED) is 0.733. The van der Waals surface area contributed by atoms with E-state index in [9.17, 15) is 0 Å². The van der Waals surface area contributed by atoms with Crippen molar-refractivity contribution < 1.29 is 0 Å². The Labute approximate surface area is 135 Å². The lowest BCUT2D eigenvalue weighted by Crippen LogP contribution is -2.17. The van der Waals surface area contributed by atoms with Gasteiger partial charge in [0.15, 0.2) is 0 Å². The summed E-state index contributed by atoms with van der Waals surface area (Å²) in [7, 11) is 2.00. The van der Waals surface area contributed by atoms with E-state index in [0.717, 1.165) is 22.8 Å². The number of aromatic nitrogens is 3. The normalized spacial score (nSPS) is 10.7. The maximum absolute atomic E-state index is 6.33. The van der Waals surface area contributed by atoms with Crippen molar-refractivity contribution in [3.8, 4) is 5.69 Å². The third-order valence-corrected chi connectivity index (χ3v) is 3.99. The molecule has 2 aromatic heterocycles. The van der Waals surface area contributed by atoms with Crippen molar-refractivity contribution >= 4 is 17.3 Å². The molecule has 3 rings (SSSR count).